The van der Waals surface area contributed by atoms with E-state index in [1.165, 1.54) is 16.5 Å². The van der Waals surface area contributed by atoms with E-state index in [2.05, 4.69) is 65.6 Å². The molecule has 3 rings (SSSR count). The van der Waals surface area contributed by atoms with Gasteiger partial charge in [0, 0.05) is 38.3 Å². The highest BCUT2D eigenvalue weighted by Gasteiger charge is 2.07. The molecule has 146 valence electrons. The number of ether oxygens (including phenoxy) is 1. The predicted octanol–water partition coefficient (Wildman–Crippen LogP) is 3.88. The van der Waals surface area contributed by atoms with Crippen molar-refractivity contribution in [1.82, 2.24) is 15.2 Å². The van der Waals surface area contributed by atoms with Crippen LogP contribution in [0, 0.1) is 0 Å². The van der Waals surface area contributed by atoms with Crippen molar-refractivity contribution in [2.75, 3.05) is 27.2 Å². The number of guanidine groups is 1. The summed E-state index contributed by atoms with van der Waals surface area (Å²) in [6, 6.07) is 18.5. The zero-order valence-electron chi connectivity index (χ0n) is 16.9. The molecule has 5 nitrogen and oxygen atoms in total. The normalized spacial score (nSPS) is 11.5. The Hall–Kier alpha value is -3.08. The van der Waals surface area contributed by atoms with Crippen LogP contribution in [0.15, 0.2) is 65.8 Å². The van der Waals surface area contributed by atoms with Crippen LogP contribution in [-0.4, -0.2) is 43.1 Å². The van der Waals surface area contributed by atoms with Crippen LogP contribution in [0.5, 0.6) is 5.75 Å². The lowest BCUT2D eigenvalue weighted by Gasteiger charge is -2.22. The van der Waals surface area contributed by atoms with Gasteiger partial charge in [-0.15, -0.1) is 0 Å². The van der Waals surface area contributed by atoms with Gasteiger partial charge in [-0.1, -0.05) is 36.4 Å². The second-order valence-corrected chi connectivity index (χ2v) is 6.68. The van der Waals surface area contributed by atoms with E-state index in [1.54, 1.807) is 7.11 Å². The van der Waals surface area contributed by atoms with Crippen LogP contribution >= 0.6 is 0 Å². The van der Waals surface area contributed by atoms with Gasteiger partial charge in [-0.2, -0.15) is 0 Å². The Kier molecular flexibility index (Phi) is 6.84. The number of rotatable bonds is 7. The smallest absolute Gasteiger partial charge is 0.193 e. The van der Waals surface area contributed by atoms with E-state index in [0.29, 0.717) is 6.54 Å². The SMILES string of the molecule is CCNC(=NCCc1cccc2cccnc12)N(C)Cc1ccc(OC)cc1. The van der Waals surface area contributed by atoms with Crippen molar-refractivity contribution in [2.24, 2.45) is 4.99 Å². The zero-order valence-corrected chi connectivity index (χ0v) is 16.9. The first-order valence-electron chi connectivity index (χ1n) is 9.66. The van der Waals surface area contributed by atoms with Gasteiger partial charge in [0.05, 0.1) is 12.6 Å². The van der Waals surface area contributed by atoms with Gasteiger partial charge in [-0.3, -0.25) is 9.98 Å². The first-order chi connectivity index (χ1) is 13.7. The summed E-state index contributed by atoms with van der Waals surface area (Å²) in [6.45, 7) is 4.42. The maximum absolute atomic E-state index is 5.23. The molecular formula is C23H28N4O. The third kappa shape index (κ3) is 5.00. The molecule has 1 N–H and O–H groups in total. The molecule has 3 aromatic rings. The summed E-state index contributed by atoms with van der Waals surface area (Å²) in [7, 11) is 3.74. The van der Waals surface area contributed by atoms with Crippen molar-refractivity contribution < 1.29 is 4.74 Å². The second-order valence-electron chi connectivity index (χ2n) is 6.68. The minimum atomic E-state index is 0.713. The van der Waals surface area contributed by atoms with E-state index in [0.717, 1.165) is 36.7 Å². The topological polar surface area (TPSA) is 49.8 Å². The minimum Gasteiger partial charge on any atom is -0.497 e. The highest BCUT2D eigenvalue weighted by Crippen LogP contribution is 2.16. The molecule has 0 aliphatic rings. The van der Waals surface area contributed by atoms with Crippen molar-refractivity contribution in [3.05, 3.63) is 71.9 Å². The molecule has 0 aliphatic heterocycles. The zero-order chi connectivity index (χ0) is 19.8. The molecule has 0 aliphatic carbocycles. The van der Waals surface area contributed by atoms with Crippen LogP contribution < -0.4 is 10.1 Å². The summed E-state index contributed by atoms with van der Waals surface area (Å²) in [5.41, 5.74) is 3.51. The van der Waals surface area contributed by atoms with Gasteiger partial charge in [-0.25, -0.2) is 0 Å². The molecule has 0 atom stereocenters. The average molecular weight is 377 g/mol. The summed E-state index contributed by atoms with van der Waals surface area (Å²) < 4.78 is 5.23. The van der Waals surface area contributed by atoms with Gasteiger partial charge in [-0.05, 0) is 42.7 Å². The Balaban J connectivity index is 1.67. The van der Waals surface area contributed by atoms with Crippen LogP contribution in [0.25, 0.3) is 10.9 Å². The molecule has 2 aromatic carbocycles. The molecule has 0 saturated carbocycles. The molecule has 5 heteroatoms. The molecule has 0 unspecified atom stereocenters. The van der Waals surface area contributed by atoms with Crippen molar-refractivity contribution >= 4 is 16.9 Å². The summed E-state index contributed by atoms with van der Waals surface area (Å²) >= 11 is 0. The number of para-hydroxylation sites is 1. The van der Waals surface area contributed by atoms with E-state index >= 15 is 0 Å². The Morgan fingerprint density at radius 1 is 1.11 bits per heavy atom. The van der Waals surface area contributed by atoms with Crippen LogP contribution in [0.3, 0.4) is 0 Å². The van der Waals surface area contributed by atoms with Crippen LogP contribution in [0.1, 0.15) is 18.1 Å². The number of nitrogens with one attached hydrogen (secondary N) is 1. The molecule has 0 bridgehead atoms. The van der Waals surface area contributed by atoms with Crippen LogP contribution in [-0.2, 0) is 13.0 Å². The number of methoxy groups -OCH3 is 1. The highest BCUT2D eigenvalue weighted by molar-refractivity contribution is 5.82. The quantitative estimate of drug-likeness (QED) is 0.502. The number of hydrogen-bond donors (Lipinski definition) is 1. The fourth-order valence-corrected chi connectivity index (χ4v) is 3.20. The van der Waals surface area contributed by atoms with E-state index in [1.807, 2.05) is 24.4 Å². The van der Waals surface area contributed by atoms with Gasteiger partial charge in [0.2, 0.25) is 0 Å². The second kappa shape index (κ2) is 9.74. The first-order valence-corrected chi connectivity index (χ1v) is 9.66. The van der Waals surface area contributed by atoms with Gasteiger partial charge < -0.3 is 15.0 Å². The van der Waals surface area contributed by atoms with Gasteiger partial charge in [0.25, 0.3) is 0 Å². The Labute approximate surface area is 167 Å². The van der Waals surface area contributed by atoms with E-state index in [9.17, 15) is 0 Å². The van der Waals surface area contributed by atoms with Crippen molar-refractivity contribution in [3.8, 4) is 5.75 Å². The third-order valence-corrected chi connectivity index (χ3v) is 4.63. The lowest BCUT2D eigenvalue weighted by molar-refractivity contribution is 0.414. The number of aliphatic imine (C=N–C) groups is 1. The summed E-state index contributed by atoms with van der Waals surface area (Å²) in [5, 5.41) is 4.56. The molecule has 0 spiro atoms. The fourth-order valence-electron chi connectivity index (χ4n) is 3.20. The number of pyridine rings is 1. The average Bonchev–Trinajstić information content (AvgIpc) is 2.73. The number of nitrogens with zero attached hydrogens (tertiary/aromatic N) is 3. The van der Waals surface area contributed by atoms with Crippen molar-refractivity contribution in [1.29, 1.82) is 0 Å². The third-order valence-electron chi connectivity index (χ3n) is 4.63. The molecule has 0 radical (unpaired) electrons. The number of fused-ring (bicyclic) bond motifs is 1. The molecule has 0 fully saturated rings. The van der Waals surface area contributed by atoms with Crippen molar-refractivity contribution in [3.63, 3.8) is 0 Å². The van der Waals surface area contributed by atoms with Gasteiger partial charge in [0.15, 0.2) is 5.96 Å². The van der Waals surface area contributed by atoms with Gasteiger partial charge in [0.1, 0.15) is 5.75 Å². The molecule has 1 aromatic heterocycles. The minimum absolute atomic E-state index is 0.713. The Morgan fingerprint density at radius 2 is 1.89 bits per heavy atom. The largest absolute Gasteiger partial charge is 0.497 e. The Morgan fingerprint density at radius 3 is 2.64 bits per heavy atom. The molecule has 0 amide bonds. The summed E-state index contributed by atoms with van der Waals surface area (Å²) in [6.07, 6.45) is 2.71. The van der Waals surface area contributed by atoms with E-state index < -0.39 is 0 Å². The highest BCUT2D eigenvalue weighted by atomic mass is 16.5. The maximum atomic E-state index is 5.23. The fraction of sp³-hybridized carbons (Fsp3) is 0.304. The van der Waals surface area contributed by atoms with E-state index in [-0.39, 0.29) is 0 Å². The monoisotopic (exact) mass is 376 g/mol. The first kappa shape index (κ1) is 19.7. The number of hydrogen-bond acceptors (Lipinski definition) is 3. The van der Waals surface area contributed by atoms with E-state index in [4.69, 9.17) is 9.73 Å². The lowest BCUT2D eigenvalue weighted by Crippen LogP contribution is -2.38. The number of benzene rings is 2. The number of aromatic nitrogens is 1. The maximum Gasteiger partial charge on any atom is 0.193 e. The molecule has 0 saturated heterocycles. The van der Waals surface area contributed by atoms with Crippen LogP contribution in [0.2, 0.25) is 0 Å². The lowest BCUT2D eigenvalue weighted by atomic mass is 10.1. The Bertz CT molecular complexity index is 916. The predicted molar refractivity (Wildman–Crippen MR) is 116 cm³/mol. The molecule has 28 heavy (non-hydrogen) atoms. The molecular weight excluding hydrogens is 348 g/mol. The summed E-state index contributed by atoms with van der Waals surface area (Å²) in [5.74, 6) is 1.78. The van der Waals surface area contributed by atoms with Crippen molar-refractivity contribution in [2.45, 2.75) is 19.9 Å². The van der Waals surface area contributed by atoms with Crippen LogP contribution in [0.4, 0.5) is 0 Å². The summed E-state index contributed by atoms with van der Waals surface area (Å²) in [4.78, 5) is 11.5. The molecule has 1 heterocycles. The standard InChI is InChI=1S/C23H28N4O/c1-4-24-23(27(2)17-18-10-12-21(28-3)13-11-18)26-16-14-20-8-5-7-19-9-6-15-25-22(19)20/h5-13,15H,4,14,16-17H2,1-3H3,(H,24,26). The van der Waals surface area contributed by atoms with Gasteiger partial charge >= 0.3 is 0 Å².